The fourth-order valence-corrected chi connectivity index (χ4v) is 3.51. The van der Waals surface area contributed by atoms with Crippen LogP contribution in [0.2, 0.25) is 10.0 Å². The third-order valence-corrected chi connectivity index (χ3v) is 4.62. The molecule has 1 aliphatic heterocycles. The Hall–Kier alpha value is -0.280. The van der Waals surface area contributed by atoms with Crippen molar-refractivity contribution < 1.29 is 0 Å². The highest BCUT2D eigenvalue weighted by atomic mass is 35.5. The van der Waals surface area contributed by atoms with Crippen molar-refractivity contribution in [3.05, 3.63) is 33.8 Å². The number of piperidine rings is 1. The van der Waals surface area contributed by atoms with Crippen LogP contribution < -0.4 is 5.73 Å². The van der Waals surface area contributed by atoms with Gasteiger partial charge in [-0.25, -0.2) is 0 Å². The van der Waals surface area contributed by atoms with Gasteiger partial charge in [0.1, 0.15) is 0 Å². The molecule has 1 fully saturated rings. The van der Waals surface area contributed by atoms with E-state index in [1.165, 1.54) is 6.42 Å². The average molecular weight is 301 g/mol. The first-order valence-corrected chi connectivity index (χ1v) is 7.71. The van der Waals surface area contributed by atoms with E-state index in [0.29, 0.717) is 18.5 Å². The smallest absolute Gasteiger partial charge is 0.0455 e. The molecule has 2 rings (SSSR count). The molecule has 0 saturated carbocycles. The molecule has 1 saturated heterocycles. The fourth-order valence-electron chi connectivity index (χ4n) is 3.10. The molecule has 106 valence electrons. The van der Waals surface area contributed by atoms with Gasteiger partial charge < -0.3 is 5.73 Å². The predicted molar refractivity (Wildman–Crippen MR) is 82.8 cm³/mol. The van der Waals surface area contributed by atoms with Crippen molar-refractivity contribution in [2.45, 2.75) is 38.8 Å². The van der Waals surface area contributed by atoms with Crippen LogP contribution in [-0.2, 0) is 0 Å². The van der Waals surface area contributed by atoms with Gasteiger partial charge >= 0.3 is 0 Å². The molecule has 0 bridgehead atoms. The van der Waals surface area contributed by atoms with Gasteiger partial charge in [-0.2, -0.15) is 0 Å². The van der Waals surface area contributed by atoms with Crippen LogP contribution in [-0.4, -0.2) is 24.0 Å². The van der Waals surface area contributed by atoms with E-state index >= 15 is 0 Å². The molecule has 19 heavy (non-hydrogen) atoms. The number of hydrogen-bond donors (Lipinski definition) is 1. The molecular formula is C15H22Cl2N2. The van der Waals surface area contributed by atoms with Crippen LogP contribution in [0.15, 0.2) is 18.2 Å². The van der Waals surface area contributed by atoms with Crippen molar-refractivity contribution in [3.8, 4) is 0 Å². The summed E-state index contributed by atoms with van der Waals surface area (Å²) in [5.41, 5.74) is 7.10. The lowest BCUT2D eigenvalue weighted by Gasteiger charge is -2.44. The van der Waals surface area contributed by atoms with E-state index in [4.69, 9.17) is 28.9 Å². The molecule has 0 aromatic heterocycles. The van der Waals surface area contributed by atoms with Crippen LogP contribution in [0.5, 0.6) is 0 Å². The maximum Gasteiger partial charge on any atom is 0.0455 e. The van der Waals surface area contributed by atoms with Crippen LogP contribution in [0.4, 0.5) is 0 Å². The second kappa shape index (κ2) is 6.45. The fraction of sp³-hybridized carbons (Fsp3) is 0.600. The van der Waals surface area contributed by atoms with E-state index in [1.807, 2.05) is 18.2 Å². The second-order valence-electron chi connectivity index (χ2n) is 5.58. The van der Waals surface area contributed by atoms with Crippen molar-refractivity contribution in [2.24, 2.45) is 11.7 Å². The summed E-state index contributed by atoms with van der Waals surface area (Å²) in [5.74, 6) is 0.451. The third kappa shape index (κ3) is 3.25. The first kappa shape index (κ1) is 15.1. The number of nitrogens with two attached hydrogens (primary N) is 1. The van der Waals surface area contributed by atoms with Crippen LogP contribution in [0.1, 0.15) is 38.3 Å². The maximum absolute atomic E-state index is 6.40. The number of likely N-dealkylation sites (tertiary alicyclic amines) is 1. The molecule has 2 N–H and O–H groups in total. The number of benzene rings is 1. The summed E-state index contributed by atoms with van der Waals surface area (Å²) in [6, 6.07) is 6.49. The quantitative estimate of drug-likeness (QED) is 0.910. The minimum atomic E-state index is 0.282. The van der Waals surface area contributed by atoms with Gasteiger partial charge in [0, 0.05) is 22.1 Å². The largest absolute Gasteiger partial charge is 0.330 e. The average Bonchev–Trinajstić information content (AvgIpc) is 2.40. The van der Waals surface area contributed by atoms with E-state index in [-0.39, 0.29) is 6.04 Å². The lowest BCUT2D eigenvalue weighted by molar-refractivity contribution is 0.0666. The Labute approximate surface area is 125 Å². The molecule has 0 aliphatic carbocycles. The van der Waals surface area contributed by atoms with Gasteiger partial charge in [0.05, 0.1) is 0 Å². The van der Waals surface area contributed by atoms with Crippen molar-refractivity contribution in [2.75, 3.05) is 13.1 Å². The third-order valence-electron chi connectivity index (χ3n) is 4.04. The highest BCUT2D eigenvalue weighted by Gasteiger charge is 2.34. The second-order valence-corrected chi connectivity index (χ2v) is 6.42. The van der Waals surface area contributed by atoms with Gasteiger partial charge in [-0.1, -0.05) is 23.2 Å². The molecule has 2 unspecified atom stereocenters. The van der Waals surface area contributed by atoms with E-state index in [9.17, 15) is 0 Å². The predicted octanol–water partition coefficient (Wildman–Crippen LogP) is 4.11. The van der Waals surface area contributed by atoms with E-state index < -0.39 is 0 Å². The highest BCUT2D eigenvalue weighted by molar-refractivity contribution is 6.33. The van der Waals surface area contributed by atoms with Crippen LogP contribution in [0.25, 0.3) is 0 Å². The monoisotopic (exact) mass is 300 g/mol. The summed E-state index contributed by atoms with van der Waals surface area (Å²) < 4.78 is 0. The topological polar surface area (TPSA) is 29.3 Å². The zero-order chi connectivity index (χ0) is 14.0. The summed E-state index contributed by atoms with van der Waals surface area (Å²) >= 11 is 12.5. The van der Waals surface area contributed by atoms with Gasteiger partial charge in [0.25, 0.3) is 0 Å². The lowest BCUT2D eigenvalue weighted by Crippen LogP contribution is -2.45. The van der Waals surface area contributed by atoms with Crippen molar-refractivity contribution in [3.63, 3.8) is 0 Å². The van der Waals surface area contributed by atoms with Crippen LogP contribution in [0, 0.1) is 5.92 Å². The molecule has 1 aliphatic rings. The highest BCUT2D eigenvalue weighted by Crippen LogP contribution is 2.40. The Kier molecular flexibility index (Phi) is 5.13. The first-order valence-electron chi connectivity index (χ1n) is 6.95. The number of rotatable bonds is 3. The molecule has 0 spiro atoms. The Morgan fingerprint density at radius 3 is 2.74 bits per heavy atom. The minimum Gasteiger partial charge on any atom is -0.330 e. The zero-order valence-corrected chi connectivity index (χ0v) is 13.1. The molecule has 1 heterocycles. The van der Waals surface area contributed by atoms with Gasteiger partial charge in [-0.15, -0.1) is 0 Å². The van der Waals surface area contributed by atoms with Gasteiger partial charge in [-0.3, -0.25) is 4.90 Å². The Bertz CT molecular complexity index is 434. The molecule has 1 aromatic carbocycles. The molecule has 4 heteroatoms. The number of hydrogen-bond acceptors (Lipinski definition) is 2. The number of halogens is 2. The van der Waals surface area contributed by atoms with E-state index in [0.717, 1.165) is 28.6 Å². The van der Waals surface area contributed by atoms with Crippen molar-refractivity contribution >= 4 is 23.2 Å². The summed E-state index contributed by atoms with van der Waals surface area (Å²) in [4.78, 5) is 2.50. The minimum absolute atomic E-state index is 0.282. The van der Waals surface area contributed by atoms with Crippen molar-refractivity contribution in [1.29, 1.82) is 0 Å². The Balaban J connectivity index is 2.42. The summed E-state index contributed by atoms with van der Waals surface area (Å²) in [6.45, 7) is 6.24. The maximum atomic E-state index is 6.40. The molecule has 1 aromatic rings. The SMILES string of the molecule is CC(C)N1CCCC(CN)C1c1cc(Cl)ccc1Cl. The van der Waals surface area contributed by atoms with E-state index in [2.05, 4.69) is 18.7 Å². The lowest BCUT2D eigenvalue weighted by atomic mass is 9.84. The molecule has 0 amide bonds. The van der Waals surface area contributed by atoms with Gasteiger partial charge in [0.2, 0.25) is 0 Å². The molecule has 0 radical (unpaired) electrons. The number of nitrogens with zero attached hydrogens (tertiary/aromatic N) is 1. The Morgan fingerprint density at radius 2 is 2.11 bits per heavy atom. The molecule has 2 atom stereocenters. The van der Waals surface area contributed by atoms with Gasteiger partial charge in [0.15, 0.2) is 0 Å². The van der Waals surface area contributed by atoms with Crippen molar-refractivity contribution in [1.82, 2.24) is 4.90 Å². The van der Waals surface area contributed by atoms with Gasteiger partial charge in [-0.05, 0) is 69.5 Å². The molecule has 2 nitrogen and oxygen atoms in total. The van der Waals surface area contributed by atoms with Crippen LogP contribution in [0.3, 0.4) is 0 Å². The van der Waals surface area contributed by atoms with E-state index in [1.54, 1.807) is 0 Å². The summed E-state index contributed by atoms with van der Waals surface area (Å²) in [7, 11) is 0. The standard InChI is InChI=1S/C15H22Cl2N2/c1-10(2)19-7-3-4-11(9-18)15(19)13-8-12(16)5-6-14(13)17/h5-6,8,10-11,15H,3-4,7,9,18H2,1-2H3. The zero-order valence-electron chi connectivity index (χ0n) is 11.6. The summed E-state index contributed by atoms with van der Waals surface area (Å²) in [5, 5.41) is 1.53. The Morgan fingerprint density at radius 1 is 1.37 bits per heavy atom. The molecular weight excluding hydrogens is 279 g/mol. The van der Waals surface area contributed by atoms with Crippen LogP contribution >= 0.6 is 23.2 Å². The summed E-state index contributed by atoms with van der Waals surface area (Å²) in [6.07, 6.45) is 2.36. The first-order chi connectivity index (χ1) is 9.04. The normalized spacial score (nSPS) is 24.9.